The summed E-state index contributed by atoms with van der Waals surface area (Å²) in [6.07, 6.45) is 0.860. The third-order valence-corrected chi connectivity index (χ3v) is 2.42. The number of benzene rings is 1. The molecule has 0 aromatic heterocycles. The second kappa shape index (κ2) is 6.45. The molecule has 0 aliphatic carbocycles. The molecule has 3 nitrogen and oxygen atoms in total. The average molecular weight is 227 g/mol. The van der Waals surface area contributed by atoms with Gasteiger partial charge in [-0.3, -0.25) is 0 Å². The Kier molecular flexibility index (Phi) is 5.22. The van der Waals surface area contributed by atoms with Crippen LogP contribution in [0, 0.1) is 5.82 Å². The van der Waals surface area contributed by atoms with E-state index in [0.29, 0.717) is 24.3 Å². The normalized spacial score (nSPS) is 10.5. The Morgan fingerprint density at radius 1 is 1.25 bits per heavy atom. The monoisotopic (exact) mass is 227 g/mol. The lowest BCUT2D eigenvalue weighted by Gasteiger charge is -2.26. The standard InChI is InChI=1S/C12H18FNO2/c1-2-6-14(7-8-15)12-10(9-16)4-3-5-11(12)13/h3-5,15-16H,2,6-9H2,1H3. The molecule has 1 aromatic rings. The number of aliphatic hydroxyl groups is 2. The maximum atomic E-state index is 13.7. The molecule has 0 heterocycles. The molecular weight excluding hydrogens is 209 g/mol. The van der Waals surface area contributed by atoms with E-state index < -0.39 is 0 Å². The predicted molar refractivity (Wildman–Crippen MR) is 61.9 cm³/mol. The van der Waals surface area contributed by atoms with Gasteiger partial charge in [0.15, 0.2) is 0 Å². The Morgan fingerprint density at radius 2 is 2.00 bits per heavy atom. The maximum absolute atomic E-state index is 13.7. The van der Waals surface area contributed by atoms with Crippen LogP contribution < -0.4 is 4.90 Å². The van der Waals surface area contributed by atoms with E-state index in [2.05, 4.69) is 0 Å². The van der Waals surface area contributed by atoms with E-state index in [0.717, 1.165) is 6.42 Å². The number of nitrogens with zero attached hydrogens (tertiary/aromatic N) is 1. The van der Waals surface area contributed by atoms with Gasteiger partial charge < -0.3 is 15.1 Å². The molecule has 0 unspecified atom stereocenters. The van der Waals surface area contributed by atoms with Gasteiger partial charge in [-0.25, -0.2) is 4.39 Å². The second-order valence-electron chi connectivity index (χ2n) is 3.62. The molecule has 0 aliphatic heterocycles. The van der Waals surface area contributed by atoms with Crippen molar-refractivity contribution in [2.45, 2.75) is 20.0 Å². The molecular formula is C12H18FNO2. The summed E-state index contributed by atoms with van der Waals surface area (Å²) in [7, 11) is 0. The first-order valence-electron chi connectivity index (χ1n) is 5.48. The van der Waals surface area contributed by atoms with Crippen LogP contribution in [0.25, 0.3) is 0 Å². The van der Waals surface area contributed by atoms with Crippen molar-refractivity contribution in [3.63, 3.8) is 0 Å². The van der Waals surface area contributed by atoms with E-state index in [1.807, 2.05) is 6.92 Å². The van der Waals surface area contributed by atoms with E-state index >= 15 is 0 Å². The van der Waals surface area contributed by atoms with Crippen molar-refractivity contribution >= 4 is 5.69 Å². The van der Waals surface area contributed by atoms with E-state index in [4.69, 9.17) is 5.11 Å². The van der Waals surface area contributed by atoms with Crippen molar-refractivity contribution in [2.75, 3.05) is 24.6 Å². The lowest BCUT2D eigenvalue weighted by atomic mass is 10.1. The van der Waals surface area contributed by atoms with E-state index in [1.165, 1.54) is 6.07 Å². The fourth-order valence-electron chi connectivity index (χ4n) is 1.77. The van der Waals surface area contributed by atoms with Crippen LogP contribution in [0.2, 0.25) is 0 Å². The topological polar surface area (TPSA) is 43.7 Å². The zero-order valence-electron chi connectivity index (χ0n) is 9.49. The lowest BCUT2D eigenvalue weighted by molar-refractivity contribution is 0.280. The van der Waals surface area contributed by atoms with Gasteiger partial charge >= 0.3 is 0 Å². The van der Waals surface area contributed by atoms with Gasteiger partial charge in [-0.2, -0.15) is 0 Å². The summed E-state index contributed by atoms with van der Waals surface area (Å²) in [4.78, 5) is 1.76. The number of rotatable bonds is 6. The van der Waals surface area contributed by atoms with E-state index in [-0.39, 0.29) is 19.0 Å². The van der Waals surface area contributed by atoms with Gasteiger partial charge in [0.05, 0.1) is 18.9 Å². The summed E-state index contributed by atoms with van der Waals surface area (Å²) in [5.74, 6) is -0.353. The molecule has 0 amide bonds. The molecule has 1 aromatic carbocycles. The Bertz CT molecular complexity index is 325. The summed E-state index contributed by atoms with van der Waals surface area (Å²) in [5.41, 5.74) is 0.961. The van der Waals surface area contributed by atoms with Crippen molar-refractivity contribution in [3.05, 3.63) is 29.6 Å². The van der Waals surface area contributed by atoms with Crippen LogP contribution in [0.4, 0.5) is 10.1 Å². The van der Waals surface area contributed by atoms with Crippen molar-refractivity contribution in [3.8, 4) is 0 Å². The third kappa shape index (κ3) is 2.93. The van der Waals surface area contributed by atoms with Crippen LogP contribution >= 0.6 is 0 Å². The zero-order chi connectivity index (χ0) is 12.0. The van der Waals surface area contributed by atoms with Crippen LogP contribution in [0.3, 0.4) is 0 Å². The summed E-state index contributed by atoms with van der Waals surface area (Å²) in [5, 5.41) is 18.1. The number of para-hydroxylation sites is 1. The summed E-state index contributed by atoms with van der Waals surface area (Å²) < 4.78 is 13.7. The average Bonchev–Trinajstić information content (AvgIpc) is 2.28. The van der Waals surface area contributed by atoms with Crippen molar-refractivity contribution in [2.24, 2.45) is 0 Å². The largest absolute Gasteiger partial charge is 0.395 e. The number of anilines is 1. The van der Waals surface area contributed by atoms with Gasteiger partial charge in [0.1, 0.15) is 5.82 Å². The molecule has 4 heteroatoms. The van der Waals surface area contributed by atoms with Crippen molar-refractivity contribution in [1.82, 2.24) is 0 Å². The number of hydrogen-bond acceptors (Lipinski definition) is 3. The number of aliphatic hydroxyl groups excluding tert-OH is 2. The molecule has 0 aliphatic rings. The maximum Gasteiger partial charge on any atom is 0.146 e. The molecule has 0 atom stereocenters. The number of halogens is 1. The van der Waals surface area contributed by atoms with Gasteiger partial charge in [0.2, 0.25) is 0 Å². The Morgan fingerprint density at radius 3 is 2.56 bits per heavy atom. The fourth-order valence-corrected chi connectivity index (χ4v) is 1.77. The van der Waals surface area contributed by atoms with Gasteiger partial charge in [-0.1, -0.05) is 19.1 Å². The summed E-state index contributed by atoms with van der Waals surface area (Å²) >= 11 is 0. The molecule has 16 heavy (non-hydrogen) atoms. The van der Waals surface area contributed by atoms with E-state index in [9.17, 15) is 9.50 Å². The van der Waals surface area contributed by atoms with Crippen LogP contribution in [-0.4, -0.2) is 29.9 Å². The smallest absolute Gasteiger partial charge is 0.146 e. The molecule has 0 saturated carbocycles. The molecule has 1 rings (SSSR count). The lowest BCUT2D eigenvalue weighted by Crippen LogP contribution is -2.29. The molecule has 0 radical (unpaired) electrons. The summed E-state index contributed by atoms with van der Waals surface area (Å²) in [6.45, 7) is 2.80. The zero-order valence-corrected chi connectivity index (χ0v) is 9.49. The van der Waals surface area contributed by atoms with Crippen LogP contribution in [0.5, 0.6) is 0 Å². The van der Waals surface area contributed by atoms with Gasteiger partial charge in [-0.15, -0.1) is 0 Å². The fraction of sp³-hybridized carbons (Fsp3) is 0.500. The first-order chi connectivity index (χ1) is 7.74. The molecule has 0 spiro atoms. The van der Waals surface area contributed by atoms with Crippen LogP contribution in [-0.2, 0) is 6.61 Å². The molecule has 0 fully saturated rings. The van der Waals surface area contributed by atoms with Gasteiger partial charge in [0, 0.05) is 18.7 Å². The highest BCUT2D eigenvalue weighted by atomic mass is 19.1. The number of hydrogen-bond donors (Lipinski definition) is 2. The minimum atomic E-state index is -0.353. The Labute approximate surface area is 95.1 Å². The SMILES string of the molecule is CCCN(CCO)c1c(F)cccc1CO. The third-order valence-electron chi connectivity index (χ3n) is 2.42. The van der Waals surface area contributed by atoms with Gasteiger partial charge in [-0.05, 0) is 12.5 Å². The van der Waals surface area contributed by atoms with Crippen LogP contribution in [0.15, 0.2) is 18.2 Å². The Balaban J connectivity index is 3.05. The first-order valence-corrected chi connectivity index (χ1v) is 5.48. The molecule has 0 saturated heterocycles. The minimum absolute atomic E-state index is 0.0286. The molecule has 2 N–H and O–H groups in total. The first kappa shape index (κ1) is 12.9. The van der Waals surface area contributed by atoms with Gasteiger partial charge in [0.25, 0.3) is 0 Å². The summed E-state index contributed by atoms with van der Waals surface area (Å²) in [6, 6.07) is 4.64. The molecule has 90 valence electrons. The Hall–Kier alpha value is -1.13. The van der Waals surface area contributed by atoms with E-state index in [1.54, 1.807) is 17.0 Å². The minimum Gasteiger partial charge on any atom is -0.395 e. The molecule has 0 bridgehead atoms. The van der Waals surface area contributed by atoms with Crippen molar-refractivity contribution in [1.29, 1.82) is 0 Å². The van der Waals surface area contributed by atoms with Crippen molar-refractivity contribution < 1.29 is 14.6 Å². The van der Waals surface area contributed by atoms with Crippen LogP contribution in [0.1, 0.15) is 18.9 Å². The highest BCUT2D eigenvalue weighted by molar-refractivity contribution is 5.54. The quantitative estimate of drug-likeness (QED) is 0.774. The second-order valence-corrected chi connectivity index (χ2v) is 3.62. The highest BCUT2D eigenvalue weighted by Crippen LogP contribution is 2.24. The highest BCUT2D eigenvalue weighted by Gasteiger charge is 2.14. The predicted octanol–water partition coefficient (Wildman–Crippen LogP) is 1.53.